The van der Waals surface area contributed by atoms with Gasteiger partial charge in [0.25, 0.3) is 0 Å². The molecule has 240 valence electrons. The van der Waals surface area contributed by atoms with Crippen molar-refractivity contribution in [2.45, 2.75) is 0 Å². The first-order valence-corrected chi connectivity index (χ1v) is 20.3. The Morgan fingerprint density at radius 2 is 0.396 bits per heavy atom. The van der Waals surface area contributed by atoms with Gasteiger partial charge < -0.3 is 34.4 Å². The molecule has 0 saturated heterocycles. The molecule has 12 N–H and O–H groups in total. The molecule has 0 aromatic heterocycles. The summed E-state index contributed by atoms with van der Waals surface area (Å²) in [6.45, 7) is 0. The van der Waals surface area contributed by atoms with Gasteiger partial charge in [-0.25, -0.2) is 13.5 Å². The molecule has 1 aliphatic heterocycles. The molecule has 0 aliphatic carbocycles. The lowest BCUT2D eigenvalue weighted by Gasteiger charge is -2.39. The molecule has 7 rings (SSSR count). The van der Waals surface area contributed by atoms with Gasteiger partial charge in [0.15, 0.2) is 0 Å². The number of nitrogens with zero attached hydrogens (tertiary/aromatic N) is 3. The maximum atomic E-state index is 6.94. The summed E-state index contributed by atoms with van der Waals surface area (Å²) in [5.41, 5.74) is 44.8. The molecule has 0 atom stereocenters. The van der Waals surface area contributed by atoms with Gasteiger partial charge in [0.05, 0.1) is 0 Å². The molecule has 12 heteroatoms. The van der Waals surface area contributed by atoms with Crippen molar-refractivity contribution < 1.29 is 0 Å². The summed E-state index contributed by atoms with van der Waals surface area (Å²) >= 11 is 0. The summed E-state index contributed by atoms with van der Waals surface area (Å²) in [6.07, 6.45) is 0. The van der Waals surface area contributed by atoms with Gasteiger partial charge in [-0.3, -0.25) is 0 Å². The molecule has 48 heavy (non-hydrogen) atoms. The van der Waals surface area contributed by atoms with Crippen molar-refractivity contribution >= 4 is 87.6 Å². The fraction of sp³-hybridized carbons (Fsp3) is 0. The van der Waals surface area contributed by atoms with Crippen LogP contribution in [0.4, 0.5) is 34.1 Å². The molecular formula is C36H36N9P3. The van der Waals surface area contributed by atoms with Crippen LogP contribution in [0.1, 0.15) is 0 Å². The van der Waals surface area contributed by atoms with Crippen LogP contribution in [-0.4, -0.2) is 0 Å². The van der Waals surface area contributed by atoms with E-state index in [4.69, 9.17) is 47.9 Å². The fourth-order valence-corrected chi connectivity index (χ4v) is 21.9. The van der Waals surface area contributed by atoms with E-state index in [1.54, 1.807) is 0 Å². The lowest BCUT2D eigenvalue weighted by atomic mass is 10.3. The summed E-state index contributed by atoms with van der Waals surface area (Å²) in [7, 11) is -10.1. The average Bonchev–Trinajstić information content (AvgIpc) is 3.09. The molecule has 6 aromatic rings. The average molecular weight is 688 g/mol. The molecule has 9 nitrogen and oxygen atoms in total. The zero-order valence-corrected chi connectivity index (χ0v) is 28.7. The second-order valence-corrected chi connectivity index (χ2v) is 20.1. The number of anilines is 6. The summed E-state index contributed by atoms with van der Waals surface area (Å²) in [4.78, 5) is 0. The molecule has 0 bridgehead atoms. The van der Waals surface area contributed by atoms with E-state index in [0.29, 0.717) is 34.1 Å². The highest BCUT2D eigenvalue weighted by atomic mass is 31.3. The Labute approximate surface area is 280 Å². The lowest BCUT2D eigenvalue weighted by Crippen LogP contribution is -2.29. The van der Waals surface area contributed by atoms with E-state index in [1.165, 1.54) is 0 Å². The summed E-state index contributed by atoms with van der Waals surface area (Å²) in [5, 5.41) is 4.50. The van der Waals surface area contributed by atoms with Crippen molar-refractivity contribution in [3.05, 3.63) is 146 Å². The van der Waals surface area contributed by atoms with E-state index >= 15 is 0 Å². The highest BCUT2D eigenvalue weighted by molar-refractivity contribution is 8.00. The summed E-state index contributed by atoms with van der Waals surface area (Å²) in [6, 6.07) is 46.3. The lowest BCUT2D eigenvalue weighted by molar-refractivity contribution is 1.61. The summed E-state index contributed by atoms with van der Waals surface area (Å²) < 4.78 is 18.0. The predicted octanol–water partition coefficient (Wildman–Crippen LogP) is 5.79. The maximum Gasteiger partial charge on any atom is 0.142 e. The van der Waals surface area contributed by atoms with Crippen LogP contribution < -0.4 is 66.2 Å². The Bertz CT molecular complexity index is 1960. The maximum absolute atomic E-state index is 6.94. The van der Waals surface area contributed by atoms with Crippen LogP contribution in [0, 0.1) is 0 Å². The van der Waals surface area contributed by atoms with Gasteiger partial charge in [-0.05, 0) is 72.8 Å². The number of nitrogens with two attached hydrogens (primary N) is 6. The third-order valence-electron chi connectivity index (χ3n) is 8.41. The minimum Gasteiger partial charge on any atom is -0.398 e. The number of hydrogen-bond donors (Lipinski definition) is 6. The van der Waals surface area contributed by atoms with E-state index in [9.17, 15) is 0 Å². The molecule has 0 fully saturated rings. The molecule has 0 spiro atoms. The van der Waals surface area contributed by atoms with E-state index < -0.39 is 21.6 Å². The van der Waals surface area contributed by atoms with Gasteiger partial charge in [-0.15, -0.1) is 0 Å². The van der Waals surface area contributed by atoms with E-state index in [2.05, 4.69) is 0 Å². The van der Waals surface area contributed by atoms with Crippen LogP contribution in [0.15, 0.2) is 159 Å². The molecule has 6 aromatic carbocycles. The van der Waals surface area contributed by atoms with Gasteiger partial charge in [0.2, 0.25) is 0 Å². The molecule has 0 amide bonds. The minimum atomic E-state index is -3.37. The van der Waals surface area contributed by atoms with Gasteiger partial charge in [-0.1, -0.05) is 72.8 Å². The van der Waals surface area contributed by atoms with E-state index in [-0.39, 0.29) is 0 Å². The highest BCUT2D eigenvalue weighted by Crippen LogP contribution is 2.77. The molecule has 0 radical (unpaired) electrons. The van der Waals surface area contributed by atoms with Crippen molar-refractivity contribution in [2.75, 3.05) is 34.4 Å². The molecular weight excluding hydrogens is 651 g/mol. The molecule has 1 aliphatic rings. The number of nitrogen functional groups attached to an aromatic ring is 6. The zero-order chi connectivity index (χ0) is 33.5. The first-order chi connectivity index (χ1) is 23.2. The van der Waals surface area contributed by atoms with E-state index in [1.807, 2.05) is 146 Å². The van der Waals surface area contributed by atoms with E-state index in [0.717, 1.165) is 31.8 Å². The largest absolute Gasteiger partial charge is 0.398 e. The highest BCUT2D eigenvalue weighted by Gasteiger charge is 2.45. The van der Waals surface area contributed by atoms with Crippen molar-refractivity contribution in [3.8, 4) is 0 Å². The second kappa shape index (κ2) is 12.1. The van der Waals surface area contributed by atoms with Gasteiger partial charge >= 0.3 is 0 Å². The van der Waals surface area contributed by atoms with Crippen LogP contribution in [0.5, 0.6) is 0 Å². The molecule has 1 heterocycles. The monoisotopic (exact) mass is 687 g/mol. The Kier molecular flexibility index (Phi) is 7.93. The second-order valence-electron chi connectivity index (χ2n) is 11.4. The van der Waals surface area contributed by atoms with Crippen LogP contribution in [0.25, 0.3) is 0 Å². The van der Waals surface area contributed by atoms with Crippen molar-refractivity contribution in [2.24, 2.45) is 13.5 Å². The van der Waals surface area contributed by atoms with Crippen LogP contribution in [0.3, 0.4) is 0 Å². The number of para-hydroxylation sites is 6. The first-order valence-electron chi connectivity index (χ1n) is 15.2. The third-order valence-corrected chi connectivity index (χ3v) is 21.1. The quantitative estimate of drug-likeness (QED) is 0.0947. The van der Waals surface area contributed by atoms with Crippen LogP contribution in [0.2, 0.25) is 0 Å². The number of hydrogen-bond acceptors (Lipinski definition) is 9. The Morgan fingerprint density at radius 3 is 0.542 bits per heavy atom. The predicted molar refractivity (Wildman–Crippen MR) is 211 cm³/mol. The number of rotatable bonds is 6. The SMILES string of the molecule is Nc1ccccc1P1(c2ccccc2N)=NP(c2ccccc2N)(c2ccccc2N)=NP(c2ccccc2N)(c2ccccc2N)=N1. The van der Waals surface area contributed by atoms with Gasteiger partial charge in [0.1, 0.15) is 21.6 Å². The van der Waals surface area contributed by atoms with Gasteiger partial charge in [-0.2, -0.15) is 0 Å². The van der Waals surface area contributed by atoms with Crippen LogP contribution >= 0.6 is 21.6 Å². The molecule has 0 saturated carbocycles. The Morgan fingerprint density at radius 1 is 0.250 bits per heavy atom. The molecule has 0 unspecified atom stereocenters. The third kappa shape index (κ3) is 4.91. The minimum absolute atomic E-state index is 0.531. The van der Waals surface area contributed by atoms with Crippen molar-refractivity contribution in [1.29, 1.82) is 0 Å². The fourth-order valence-electron chi connectivity index (χ4n) is 6.21. The Balaban J connectivity index is 1.90. The standard InChI is InChI=1S/C36H36N9P3/c37-25-13-1-7-19-31(25)46(32-20-8-2-14-26(32)38)43-47(33-21-9-3-15-27(33)39,34-22-10-4-16-28(34)40)45-48(44-46,35-23-11-5-17-29(35)41)36-24-12-6-18-30(36)42/h1-24H,37-42H2. The van der Waals surface area contributed by atoms with Gasteiger partial charge in [0, 0.05) is 66.0 Å². The normalized spacial score (nSPS) is 15.8. The topological polar surface area (TPSA) is 193 Å². The summed E-state index contributed by atoms with van der Waals surface area (Å²) in [5.74, 6) is 0. The Hall–Kier alpha value is -5.19. The zero-order valence-electron chi connectivity index (χ0n) is 26.0. The smallest absolute Gasteiger partial charge is 0.142 e. The number of benzene rings is 6. The first kappa shape index (κ1) is 31.4. The van der Waals surface area contributed by atoms with Crippen molar-refractivity contribution in [1.82, 2.24) is 0 Å². The van der Waals surface area contributed by atoms with Crippen molar-refractivity contribution in [3.63, 3.8) is 0 Å². The van der Waals surface area contributed by atoms with Crippen LogP contribution in [-0.2, 0) is 0 Å².